The Morgan fingerprint density at radius 2 is 2.24 bits per heavy atom. The zero-order chi connectivity index (χ0) is 12.0. The monoisotopic (exact) mass is 230 g/mol. The lowest BCUT2D eigenvalue weighted by Gasteiger charge is -2.22. The molecule has 3 rings (SSSR count). The minimum atomic E-state index is -0.183. The molecule has 1 N–H and O–H groups in total. The van der Waals surface area contributed by atoms with Crippen LogP contribution in [-0.2, 0) is 18.4 Å². The summed E-state index contributed by atoms with van der Waals surface area (Å²) in [7, 11) is 0. The van der Waals surface area contributed by atoms with E-state index in [0.29, 0.717) is 0 Å². The Morgan fingerprint density at radius 3 is 3.00 bits per heavy atom. The van der Waals surface area contributed by atoms with Gasteiger partial charge in [-0.25, -0.2) is 4.98 Å². The van der Waals surface area contributed by atoms with Gasteiger partial charge in [-0.15, -0.1) is 0 Å². The third kappa shape index (κ3) is 1.57. The normalized spacial score (nSPS) is 15.5. The van der Waals surface area contributed by atoms with Gasteiger partial charge in [-0.2, -0.15) is 0 Å². The maximum absolute atomic E-state index is 9.44. The van der Waals surface area contributed by atoms with Crippen LogP contribution >= 0.6 is 0 Å². The minimum absolute atomic E-state index is 0.166. The molecule has 0 unspecified atom stereocenters. The number of imidazole rings is 1. The fraction of sp³-hybridized carbons (Fsp3) is 0.500. The van der Waals surface area contributed by atoms with E-state index in [-0.39, 0.29) is 12.0 Å². The number of aromatic nitrogens is 2. The first-order valence-electron chi connectivity index (χ1n) is 6.22. The molecule has 0 amide bonds. The molecular formula is C14H18N2O. The summed E-state index contributed by atoms with van der Waals surface area (Å²) in [5, 5.41) is 9.44. The van der Waals surface area contributed by atoms with Gasteiger partial charge in [0.25, 0.3) is 0 Å². The number of aliphatic hydroxyl groups excluding tert-OH is 1. The molecule has 2 heterocycles. The number of aliphatic hydroxyl groups is 1. The van der Waals surface area contributed by atoms with E-state index in [4.69, 9.17) is 0 Å². The maximum atomic E-state index is 9.44. The van der Waals surface area contributed by atoms with E-state index in [2.05, 4.69) is 41.6 Å². The Bertz CT molecular complexity index is 569. The molecule has 0 bridgehead atoms. The molecule has 1 aliphatic heterocycles. The molecule has 0 aliphatic carbocycles. The number of aryl methyl sites for hydroxylation is 2. The van der Waals surface area contributed by atoms with Crippen molar-refractivity contribution in [3.8, 4) is 0 Å². The van der Waals surface area contributed by atoms with E-state index in [0.717, 1.165) is 18.5 Å². The van der Waals surface area contributed by atoms with Crippen LogP contribution in [0.1, 0.15) is 31.7 Å². The average molecular weight is 230 g/mol. The highest BCUT2D eigenvalue weighted by Crippen LogP contribution is 2.28. The van der Waals surface area contributed by atoms with Gasteiger partial charge < -0.3 is 9.67 Å². The quantitative estimate of drug-likeness (QED) is 0.859. The number of hydrogen-bond acceptors (Lipinski definition) is 2. The summed E-state index contributed by atoms with van der Waals surface area (Å²) in [5.41, 5.74) is 3.30. The smallest absolute Gasteiger partial charge is 0.109 e. The summed E-state index contributed by atoms with van der Waals surface area (Å²) in [4.78, 5) is 4.64. The molecule has 0 atom stereocenters. The third-order valence-corrected chi connectivity index (χ3v) is 3.79. The minimum Gasteiger partial charge on any atom is -0.395 e. The van der Waals surface area contributed by atoms with Crippen molar-refractivity contribution in [1.29, 1.82) is 0 Å². The van der Waals surface area contributed by atoms with Crippen LogP contribution in [0, 0.1) is 0 Å². The van der Waals surface area contributed by atoms with E-state index in [1.54, 1.807) is 0 Å². The van der Waals surface area contributed by atoms with Crippen LogP contribution < -0.4 is 0 Å². The van der Waals surface area contributed by atoms with Crippen LogP contribution in [0.25, 0.3) is 11.0 Å². The van der Waals surface area contributed by atoms with Crippen LogP contribution in [0.15, 0.2) is 18.2 Å². The van der Waals surface area contributed by atoms with Gasteiger partial charge in [-0.1, -0.05) is 19.9 Å². The number of rotatable bonds is 2. The van der Waals surface area contributed by atoms with Crippen molar-refractivity contribution in [2.24, 2.45) is 0 Å². The van der Waals surface area contributed by atoms with Crippen molar-refractivity contribution in [3.05, 3.63) is 29.6 Å². The highest BCUT2D eigenvalue weighted by atomic mass is 16.3. The van der Waals surface area contributed by atoms with E-state index in [1.165, 1.54) is 23.3 Å². The predicted molar refractivity (Wildman–Crippen MR) is 68.2 cm³/mol. The second-order valence-electron chi connectivity index (χ2n) is 5.53. The number of fused-ring (bicyclic) bond motifs is 3. The molecular weight excluding hydrogens is 212 g/mol. The molecule has 0 saturated carbocycles. The van der Waals surface area contributed by atoms with Crippen LogP contribution in [0.2, 0.25) is 0 Å². The highest BCUT2D eigenvalue weighted by Gasteiger charge is 2.22. The SMILES string of the molecule is CC(C)(CO)c1ccc2nc3n(c2c1)CCC3. The Labute approximate surface area is 101 Å². The van der Waals surface area contributed by atoms with Crippen molar-refractivity contribution in [2.45, 2.75) is 38.6 Å². The Balaban J connectivity index is 2.18. The largest absolute Gasteiger partial charge is 0.395 e. The van der Waals surface area contributed by atoms with E-state index < -0.39 is 0 Å². The fourth-order valence-electron chi connectivity index (χ4n) is 2.52. The first-order chi connectivity index (χ1) is 8.12. The second-order valence-corrected chi connectivity index (χ2v) is 5.53. The van der Waals surface area contributed by atoms with E-state index in [9.17, 15) is 5.11 Å². The lowest BCUT2D eigenvalue weighted by Crippen LogP contribution is -2.21. The van der Waals surface area contributed by atoms with Gasteiger partial charge in [0.05, 0.1) is 17.6 Å². The summed E-state index contributed by atoms with van der Waals surface area (Å²) in [6.45, 7) is 5.37. The summed E-state index contributed by atoms with van der Waals surface area (Å²) < 4.78 is 2.31. The number of hydrogen-bond donors (Lipinski definition) is 1. The molecule has 0 saturated heterocycles. The first kappa shape index (κ1) is 10.8. The molecule has 3 heteroatoms. The maximum Gasteiger partial charge on any atom is 0.109 e. The van der Waals surface area contributed by atoms with Crippen molar-refractivity contribution in [1.82, 2.24) is 9.55 Å². The summed E-state index contributed by atoms with van der Waals surface area (Å²) in [6.07, 6.45) is 2.29. The molecule has 0 spiro atoms. The van der Waals surface area contributed by atoms with E-state index in [1.807, 2.05) is 0 Å². The third-order valence-electron chi connectivity index (χ3n) is 3.79. The molecule has 90 valence electrons. The van der Waals surface area contributed by atoms with Gasteiger partial charge in [0, 0.05) is 18.4 Å². The van der Waals surface area contributed by atoms with Gasteiger partial charge in [0.1, 0.15) is 5.82 Å². The topological polar surface area (TPSA) is 38.1 Å². The Hall–Kier alpha value is -1.35. The van der Waals surface area contributed by atoms with Crippen molar-refractivity contribution in [2.75, 3.05) is 6.61 Å². The van der Waals surface area contributed by atoms with Crippen LogP contribution in [0.5, 0.6) is 0 Å². The molecule has 1 aromatic carbocycles. The van der Waals surface area contributed by atoms with Gasteiger partial charge in [0.15, 0.2) is 0 Å². The first-order valence-corrected chi connectivity index (χ1v) is 6.22. The van der Waals surface area contributed by atoms with Crippen molar-refractivity contribution in [3.63, 3.8) is 0 Å². The zero-order valence-corrected chi connectivity index (χ0v) is 10.4. The van der Waals surface area contributed by atoms with Crippen molar-refractivity contribution < 1.29 is 5.11 Å². The summed E-state index contributed by atoms with van der Waals surface area (Å²) in [5.74, 6) is 1.21. The summed E-state index contributed by atoms with van der Waals surface area (Å²) in [6, 6.07) is 6.35. The lowest BCUT2D eigenvalue weighted by molar-refractivity contribution is 0.218. The Morgan fingerprint density at radius 1 is 1.41 bits per heavy atom. The second kappa shape index (κ2) is 3.57. The predicted octanol–water partition coefficient (Wildman–Crippen LogP) is 2.25. The molecule has 1 aromatic heterocycles. The standard InChI is InChI=1S/C14H18N2O/c1-14(2,9-17)10-5-6-11-12(8-10)16-7-3-4-13(16)15-11/h5-6,8,17H,3-4,7,9H2,1-2H3. The molecule has 0 fully saturated rings. The van der Waals surface area contributed by atoms with Crippen LogP contribution in [-0.4, -0.2) is 21.3 Å². The Kier molecular flexibility index (Phi) is 2.26. The molecule has 3 nitrogen and oxygen atoms in total. The van der Waals surface area contributed by atoms with E-state index >= 15 is 0 Å². The average Bonchev–Trinajstić information content (AvgIpc) is 2.88. The molecule has 17 heavy (non-hydrogen) atoms. The molecule has 0 radical (unpaired) electrons. The highest BCUT2D eigenvalue weighted by molar-refractivity contribution is 5.77. The lowest BCUT2D eigenvalue weighted by atomic mass is 9.85. The molecule has 2 aromatic rings. The van der Waals surface area contributed by atoms with Gasteiger partial charge in [-0.05, 0) is 24.1 Å². The fourth-order valence-corrected chi connectivity index (χ4v) is 2.52. The van der Waals surface area contributed by atoms with Crippen LogP contribution in [0.3, 0.4) is 0 Å². The number of benzene rings is 1. The van der Waals surface area contributed by atoms with Gasteiger partial charge in [0.2, 0.25) is 0 Å². The molecule has 1 aliphatic rings. The van der Waals surface area contributed by atoms with Gasteiger partial charge >= 0.3 is 0 Å². The number of nitrogens with zero attached hydrogens (tertiary/aromatic N) is 2. The van der Waals surface area contributed by atoms with Gasteiger partial charge in [-0.3, -0.25) is 0 Å². The zero-order valence-electron chi connectivity index (χ0n) is 10.4. The summed E-state index contributed by atoms with van der Waals surface area (Å²) >= 11 is 0. The van der Waals surface area contributed by atoms with Crippen molar-refractivity contribution >= 4 is 11.0 Å². The van der Waals surface area contributed by atoms with Crippen LogP contribution in [0.4, 0.5) is 0 Å².